The fraction of sp³-hybridized carbons (Fsp3) is 0.400. The summed E-state index contributed by atoms with van der Waals surface area (Å²) in [7, 11) is 1.34. The minimum Gasteiger partial charge on any atom is -0.481 e. The number of benzene rings is 2. The van der Waals surface area contributed by atoms with Crippen LogP contribution in [0.1, 0.15) is 78.1 Å². The average Bonchev–Trinajstić information content (AvgIpc) is 3.51. The van der Waals surface area contributed by atoms with Crippen molar-refractivity contribution in [2.75, 3.05) is 7.11 Å². The number of nitrogens with zero attached hydrogens (tertiary/aromatic N) is 2. The number of halogens is 9. The molecule has 236 valence electrons. The molecule has 2 aliphatic heterocycles. The predicted molar refractivity (Wildman–Crippen MR) is 139 cm³/mol. The molecule has 44 heavy (non-hydrogen) atoms. The lowest BCUT2D eigenvalue weighted by Gasteiger charge is -2.26. The van der Waals surface area contributed by atoms with Crippen LogP contribution in [-0.2, 0) is 23.3 Å². The van der Waals surface area contributed by atoms with Crippen LogP contribution in [0.4, 0.5) is 44.3 Å². The van der Waals surface area contributed by atoms with Gasteiger partial charge in [0.2, 0.25) is 5.88 Å². The van der Waals surface area contributed by atoms with E-state index in [9.17, 15) is 44.3 Å². The Morgan fingerprint density at radius 1 is 0.841 bits per heavy atom. The Kier molecular flexibility index (Phi) is 7.78. The number of fused-ring (bicyclic) bond motifs is 1. The van der Waals surface area contributed by atoms with Gasteiger partial charge in [-0.3, -0.25) is 4.90 Å². The van der Waals surface area contributed by atoms with Gasteiger partial charge >= 0.3 is 24.6 Å². The van der Waals surface area contributed by atoms with Crippen LogP contribution in [0, 0.1) is 0 Å². The van der Waals surface area contributed by atoms with E-state index in [0.29, 0.717) is 17.7 Å². The highest BCUT2D eigenvalue weighted by Gasteiger charge is 2.52. The number of pyridine rings is 1. The molecule has 0 spiro atoms. The Balaban J connectivity index is 1.62. The number of rotatable bonds is 5. The van der Waals surface area contributed by atoms with E-state index in [1.807, 2.05) is 13.8 Å². The van der Waals surface area contributed by atoms with E-state index >= 15 is 0 Å². The van der Waals surface area contributed by atoms with Gasteiger partial charge in [-0.15, -0.1) is 0 Å². The van der Waals surface area contributed by atoms with Crippen molar-refractivity contribution in [3.05, 3.63) is 82.0 Å². The molecular formula is C30H25F9N2O3. The highest BCUT2D eigenvalue weighted by Crippen LogP contribution is 2.51. The minimum absolute atomic E-state index is 0.00992. The summed E-state index contributed by atoms with van der Waals surface area (Å²) in [6, 6.07) is 3.57. The summed E-state index contributed by atoms with van der Waals surface area (Å²) in [6.07, 6.45) is -15.9. The Labute approximate surface area is 245 Å². The van der Waals surface area contributed by atoms with Crippen LogP contribution < -0.4 is 4.74 Å². The molecule has 5 rings (SSSR count). The lowest BCUT2D eigenvalue weighted by atomic mass is 9.90. The molecule has 2 aliphatic rings. The molecular weight excluding hydrogens is 607 g/mol. The fourth-order valence-corrected chi connectivity index (χ4v) is 5.78. The Bertz CT molecular complexity index is 1550. The molecule has 14 heteroatoms. The van der Waals surface area contributed by atoms with Gasteiger partial charge < -0.3 is 9.47 Å². The van der Waals surface area contributed by atoms with Crippen LogP contribution in [0.2, 0.25) is 0 Å². The maximum Gasteiger partial charge on any atom is 0.416 e. The number of ether oxygens (including phenoxy) is 2. The molecule has 2 fully saturated rings. The first-order valence-corrected chi connectivity index (χ1v) is 13.4. The molecule has 1 unspecified atom stereocenters. The third-order valence-corrected chi connectivity index (χ3v) is 7.92. The number of cyclic esters (lactones) is 1. The summed E-state index contributed by atoms with van der Waals surface area (Å²) in [5.41, 5.74) is -3.25. The zero-order valence-corrected chi connectivity index (χ0v) is 23.4. The van der Waals surface area contributed by atoms with Crippen LogP contribution in [-0.4, -0.2) is 29.1 Å². The van der Waals surface area contributed by atoms with E-state index in [0.717, 1.165) is 22.6 Å². The number of alkyl halides is 9. The molecule has 0 saturated carbocycles. The molecule has 1 aromatic heterocycles. The van der Waals surface area contributed by atoms with Crippen LogP contribution in [0.15, 0.2) is 48.7 Å². The third-order valence-electron chi connectivity index (χ3n) is 7.92. The number of aromatic nitrogens is 1. The fourth-order valence-electron chi connectivity index (χ4n) is 5.78. The van der Waals surface area contributed by atoms with E-state index in [2.05, 4.69) is 4.98 Å². The van der Waals surface area contributed by atoms with Crippen molar-refractivity contribution in [1.82, 2.24) is 9.88 Å². The maximum atomic E-state index is 13.9. The van der Waals surface area contributed by atoms with Crippen molar-refractivity contribution < 1.29 is 53.8 Å². The second-order valence-corrected chi connectivity index (χ2v) is 11.0. The number of hydrogen-bond acceptors (Lipinski definition) is 4. The summed E-state index contributed by atoms with van der Waals surface area (Å²) < 4.78 is 134. The second kappa shape index (κ2) is 10.9. The zero-order chi connectivity index (χ0) is 32.4. The molecule has 0 N–H and O–H groups in total. The van der Waals surface area contributed by atoms with Gasteiger partial charge in [0.1, 0.15) is 6.10 Å². The SMILES string of the molecule is COc1ncc(C(C)C)cc1-c1ccc(C(F)(F)F)cc1[C@@H]1CCC2[C@@H](c3cc(C(F)(F)F)cc(C(F)(F)F)c3)OC(=O)N21. The first-order chi connectivity index (χ1) is 20.4. The summed E-state index contributed by atoms with van der Waals surface area (Å²) >= 11 is 0. The van der Waals surface area contributed by atoms with Crippen LogP contribution in [0.3, 0.4) is 0 Å². The van der Waals surface area contributed by atoms with Crippen LogP contribution in [0.25, 0.3) is 11.1 Å². The highest BCUT2D eigenvalue weighted by molar-refractivity contribution is 5.77. The number of methoxy groups -OCH3 is 1. The monoisotopic (exact) mass is 632 g/mol. The Hall–Kier alpha value is -3.97. The van der Waals surface area contributed by atoms with Crippen molar-refractivity contribution in [1.29, 1.82) is 0 Å². The van der Waals surface area contributed by atoms with Crippen molar-refractivity contribution in [3.8, 4) is 17.0 Å². The number of carbonyl (C=O) groups excluding carboxylic acids is 1. The van der Waals surface area contributed by atoms with Gasteiger partial charge in [-0.1, -0.05) is 19.9 Å². The van der Waals surface area contributed by atoms with Gasteiger partial charge in [-0.05, 0) is 77.4 Å². The summed E-state index contributed by atoms with van der Waals surface area (Å²) in [4.78, 5) is 18.6. The smallest absolute Gasteiger partial charge is 0.416 e. The second-order valence-electron chi connectivity index (χ2n) is 11.0. The standard InChI is InChI=1S/C30H25F9N2O3/c1-14(2)16-10-22(26(43-3)40-13-16)20-5-4-17(28(31,32)33)12-21(20)23-6-7-24-25(44-27(42)41(23)24)15-8-18(29(34,35)36)11-19(9-15)30(37,38)39/h4-5,8-14,23-25H,6-7H2,1-3H3/t23-,24?,25+/m0/s1. The summed E-state index contributed by atoms with van der Waals surface area (Å²) in [6.45, 7) is 3.78. The van der Waals surface area contributed by atoms with Gasteiger partial charge in [0, 0.05) is 11.8 Å². The minimum atomic E-state index is -5.12. The van der Waals surface area contributed by atoms with E-state index in [1.165, 1.54) is 13.2 Å². The lowest BCUT2D eigenvalue weighted by Crippen LogP contribution is -2.31. The largest absolute Gasteiger partial charge is 0.481 e. The highest BCUT2D eigenvalue weighted by atomic mass is 19.4. The van der Waals surface area contributed by atoms with E-state index in [4.69, 9.17) is 9.47 Å². The van der Waals surface area contributed by atoms with Gasteiger partial charge in [0.25, 0.3) is 0 Å². The normalized spacial score (nSPS) is 20.7. The van der Waals surface area contributed by atoms with Crippen molar-refractivity contribution in [2.45, 2.75) is 69.3 Å². The zero-order valence-electron chi connectivity index (χ0n) is 23.4. The van der Waals surface area contributed by atoms with Crippen LogP contribution >= 0.6 is 0 Å². The Morgan fingerprint density at radius 3 is 2.00 bits per heavy atom. The van der Waals surface area contributed by atoms with Crippen molar-refractivity contribution in [2.24, 2.45) is 0 Å². The number of amides is 1. The Morgan fingerprint density at radius 2 is 1.45 bits per heavy atom. The van der Waals surface area contributed by atoms with Gasteiger partial charge in [0.15, 0.2) is 0 Å². The quantitative estimate of drug-likeness (QED) is 0.263. The maximum absolute atomic E-state index is 13.9. The van der Waals surface area contributed by atoms with Gasteiger partial charge in [-0.2, -0.15) is 39.5 Å². The molecule has 5 nitrogen and oxygen atoms in total. The lowest BCUT2D eigenvalue weighted by molar-refractivity contribution is -0.143. The number of carbonyl (C=O) groups is 1. The molecule has 2 aromatic carbocycles. The third kappa shape index (κ3) is 5.77. The topological polar surface area (TPSA) is 51.7 Å². The molecule has 0 bridgehead atoms. The molecule has 3 heterocycles. The predicted octanol–water partition coefficient (Wildman–Crippen LogP) is 9.33. The van der Waals surface area contributed by atoms with Crippen molar-refractivity contribution >= 4 is 6.09 Å². The van der Waals surface area contributed by atoms with Crippen LogP contribution in [0.5, 0.6) is 5.88 Å². The molecule has 1 amide bonds. The summed E-state index contributed by atoms with van der Waals surface area (Å²) in [5.74, 6) is 0.0970. The first kappa shape index (κ1) is 31.5. The van der Waals surface area contributed by atoms with E-state index in [-0.39, 0.29) is 41.8 Å². The summed E-state index contributed by atoms with van der Waals surface area (Å²) in [5, 5.41) is 0. The molecule has 2 saturated heterocycles. The van der Waals surface area contributed by atoms with E-state index < -0.39 is 65.1 Å². The molecule has 0 radical (unpaired) electrons. The number of hydrogen-bond donors (Lipinski definition) is 0. The van der Waals surface area contributed by atoms with E-state index in [1.54, 1.807) is 12.3 Å². The van der Waals surface area contributed by atoms with Crippen molar-refractivity contribution in [3.63, 3.8) is 0 Å². The molecule has 3 atom stereocenters. The molecule has 3 aromatic rings. The van der Waals surface area contributed by atoms with Gasteiger partial charge in [-0.25, -0.2) is 9.78 Å². The van der Waals surface area contributed by atoms with Gasteiger partial charge in [0.05, 0.1) is 35.9 Å². The first-order valence-electron chi connectivity index (χ1n) is 13.4. The molecule has 0 aliphatic carbocycles. The average molecular weight is 633 g/mol.